The van der Waals surface area contributed by atoms with Gasteiger partial charge < -0.3 is 5.32 Å². The Morgan fingerprint density at radius 1 is 1.05 bits per heavy atom. The molecular formula is C14H17ClF3N. The minimum absolute atomic E-state index is 0.225. The van der Waals surface area contributed by atoms with Gasteiger partial charge in [-0.2, -0.15) is 13.2 Å². The van der Waals surface area contributed by atoms with Crippen molar-refractivity contribution in [2.75, 3.05) is 5.32 Å². The van der Waals surface area contributed by atoms with Crippen molar-refractivity contribution in [3.05, 3.63) is 28.8 Å². The van der Waals surface area contributed by atoms with Crippen LogP contribution in [0.1, 0.15) is 44.1 Å². The number of rotatable bonds is 2. The monoisotopic (exact) mass is 291 g/mol. The third kappa shape index (κ3) is 4.03. The first kappa shape index (κ1) is 14.5. The molecule has 0 amide bonds. The molecule has 5 heteroatoms. The molecule has 1 fully saturated rings. The van der Waals surface area contributed by atoms with Crippen LogP contribution < -0.4 is 5.32 Å². The largest absolute Gasteiger partial charge is 0.416 e. The van der Waals surface area contributed by atoms with Gasteiger partial charge in [0.1, 0.15) is 0 Å². The zero-order valence-corrected chi connectivity index (χ0v) is 11.3. The van der Waals surface area contributed by atoms with E-state index in [1.807, 2.05) is 0 Å². The molecule has 0 spiro atoms. The van der Waals surface area contributed by atoms with E-state index in [9.17, 15) is 13.2 Å². The van der Waals surface area contributed by atoms with Crippen LogP contribution >= 0.6 is 11.6 Å². The highest BCUT2D eigenvalue weighted by atomic mass is 35.5. The number of alkyl halides is 3. The molecule has 0 heterocycles. The van der Waals surface area contributed by atoms with E-state index in [0.717, 1.165) is 37.8 Å². The molecule has 1 aliphatic carbocycles. The standard InChI is InChI=1S/C14H17ClF3N/c15-12-8-7-10(14(16,17)18)9-13(12)19-11-5-3-1-2-4-6-11/h7-9,11,19H,1-6H2. The van der Waals surface area contributed by atoms with Crippen molar-refractivity contribution in [1.82, 2.24) is 0 Å². The lowest BCUT2D eigenvalue weighted by atomic mass is 10.1. The molecule has 0 bridgehead atoms. The quantitative estimate of drug-likeness (QED) is 0.710. The maximum Gasteiger partial charge on any atom is 0.416 e. The minimum atomic E-state index is -4.33. The molecule has 2 rings (SSSR count). The molecule has 1 saturated carbocycles. The Kier molecular flexibility index (Phi) is 4.61. The molecule has 0 unspecified atom stereocenters. The van der Waals surface area contributed by atoms with Crippen LogP contribution in [0, 0.1) is 0 Å². The van der Waals surface area contributed by atoms with Gasteiger partial charge in [-0.15, -0.1) is 0 Å². The second-order valence-electron chi connectivity index (χ2n) is 5.03. The summed E-state index contributed by atoms with van der Waals surface area (Å²) in [4.78, 5) is 0. The van der Waals surface area contributed by atoms with Gasteiger partial charge in [0.15, 0.2) is 0 Å². The average Bonchev–Trinajstić information content (AvgIpc) is 2.59. The maximum absolute atomic E-state index is 12.7. The summed E-state index contributed by atoms with van der Waals surface area (Å²) in [6.45, 7) is 0. The fourth-order valence-corrected chi connectivity index (χ4v) is 2.63. The molecule has 1 aromatic carbocycles. The van der Waals surface area contributed by atoms with Gasteiger partial charge in [0, 0.05) is 6.04 Å². The smallest absolute Gasteiger partial charge is 0.381 e. The zero-order chi connectivity index (χ0) is 13.9. The van der Waals surface area contributed by atoms with E-state index in [0.29, 0.717) is 10.7 Å². The fraction of sp³-hybridized carbons (Fsp3) is 0.571. The number of hydrogen-bond acceptors (Lipinski definition) is 1. The average molecular weight is 292 g/mol. The van der Waals surface area contributed by atoms with Gasteiger partial charge in [-0.05, 0) is 31.0 Å². The lowest BCUT2D eigenvalue weighted by molar-refractivity contribution is -0.137. The van der Waals surface area contributed by atoms with E-state index in [2.05, 4.69) is 5.32 Å². The summed E-state index contributed by atoms with van der Waals surface area (Å²) in [6, 6.07) is 3.65. The third-order valence-electron chi connectivity index (χ3n) is 3.51. The van der Waals surface area contributed by atoms with E-state index in [-0.39, 0.29) is 6.04 Å². The van der Waals surface area contributed by atoms with Crippen molar-refractivity contribution in [3.63, 3.8) is 0 Å². The molecule has 19 heavy (non-hydrogen) atoms. The summed E-state index contributed by atoms with van der Waals surface area (Å²) in [5.41, 5.74) is -0.267. The molecule has 1 N–H and O–H groups in total. The molecule has 1 aromatic rings. The lowest BCUT2D eigenvalue weighted by Crippen LogP contribution is -2.19. The van der Waals surface area contributed by atoms with E-state index < -0.39 is 11.7 Å². The predicted octanol–water partition coefficient (Wildman–Crippen LogP) is 5.49. The van der Waals surface area contributed by atoms with Crippen LogP contribution in [0.3, 0.4) is 0 Å². The van der Waals surface area contributed by atoms with Gasteiger partial charge in [-0.3, -0.25) is 0 Å². The summed E-state index contributed by atoms with van der Waals surface area (Å²) in [6.07, 6.45) is 2.30. The Hall–Kier alpha value is -0.900. The van der Waals surface area contributed by atoms with Crippen molar-refractivity contribution in [2.45, 2.75) is 50.7 Å². The first-order valence-corrected chi connectivity index (χ1v) is 6.98. The van der Waals surface area contributed by atoms with Crippen LogP contribution in [0.2, 0.25) is 5.02 Å². The molecule has 0 radical (unpaired) electrons. The molecule has 1 aliphatic rings. The number of anilines is 1. The van der Waals surface area contributed by atoms with Crippen molar-refractivity contribution in [3.8, 4) is 0 Å². The van der Waals surface area contributed by atoms with Crippen molar-refractivity contribution in [2.24, 2.45) is 0 Å². The minimum Gasteiger partial charge on any atom is -0.381 e. The van der Waals surface area contributed by atoms with Crippen molar-refractivity contribution < 1.29 is 13.2 Å². The first-order chi connectivity index (χ1) is 8.97. The number of hydrogen-bond donors (Lipinski definition) is 1. The summed E-state index contributed by atoms with van der Waals surface area (Å²) in [7, 11) is 0. The van der Waals surface area contributed by atoms with Gasteiger partial charge in [0.25, 0.3) is 0 Å². The summed E-state index contributed by atoms with van der Waals surface area (Å²) in [5, 5.41) is 3.51. The van der Waals surface area contributed by atoms with E-state index in [1.54, 1.807) is 0 Å². The Morgan fingerprint density at radius 2 is 1.68 bits per heavy atom. The SMILES string of the molecule is FC(F)(F)c1ccc(Cl)c(NC2CCCCCC2)c1. The molecule has 0 saturated heterocycles. The summed E-state index contributed by atoms with van der Waals surface area (Å²) >= 11 is 5.98. The molecule has 106 valence electrons. The maximum atomic E-state index is 12.7. The van der Waals surface area contributed by atoms with Crippen LogP contribution in [0.15, 0.2) is 18.2 Å². The Bertz CT molecular complexity index is 423. The number of halogens is 4. The first-order valence-electron chi connectivity index (χ1n) is 6.60. The summed E-state index contributed by atoms with van der Waals surface area (Å²) in [5.74, 6) is 0. The molecular weight excluding hydrogens is 275 g/mol. The van der Waals surface area contributed by atoms with Crippen LogP contribution in [-0.4, -0.2) is 6.04 Å². The normalized spacial score (nSPS) is 18.1. The fourth-order valence-electron chi connectivity index (χ4n) is 2.46. The number of benzene rings is 1. The third-order valence-corrected chi connectivity index (χ3v) is 3.84. The topological polar surface area (TPSA) is 12.0 Å². The number of nitrogens with one attached hydrogen (secondary N) is 1. The van der Waals surface area contributed by atoms with Crippen molar-refractivity contribution in [1.29, 1.82) is 0 Å². The van der Waals surface area contributed by atoms with Gasteiger partial charge in [-0.1, -0.05) is 37.3 Å². The van der Waals surface area contributed by atoms with Crippen LogP contribution in [0.25, 0.3) is 0 Å². The Labute approximate surface area is 116 Å². The molecule has 1 nitrogen and oxygen atoms in total. The van der Waals surface area contributed by atoms with E-state index >= 15 is 0 Å². The Morgan fingerprint density at radius 3 is 2.26 bits per heavy atom. The van der Waals surface area contributed by atoms with Crippen LogP contribution in [0.4, 0.5) is 18.9 Å². The predicted molar refractivity (Wildman–Crippen MR) is 71.6 cm³/mol. The highest BCUT2D eigenvalue weighted by molar-refractivity contribution is 6.33. The highest BCUT2D eigenvalue weighted by Gasteiger charge is 2.31. The summed E-state index contributed by atoms with van der Waals surface area (Å²) < 4.78 is 38.0. The van der Waals surface area contributed by atoms with Gasteiger partial charge >= 0.3 is 6.18 Å². The zero-order valence-electron chi connectivity index (χ0n) is 10.6. The second kappa shape index (κ2) is 6.04. The van der Waals surface area contributed by atoms with Gasteiger partial charge in [0.05, 0.1) is 16.3 Å². The lowest BCUT2D eigenvalue weighted by Gasteiger charge is -2.19. The van der Waals surface area contributed by atoms with E-state index in [1.165, 1.54) is 18.9 Å². The van der Waals surface area contributed by atoms with Crippen molar-refractivity contribution >= 4 is 17.3 Å². The van der Waals surface area contributed by atoms with Crippen LogP contribution in [-0.2, 0) is 6.18 Å². The molecule has 0 aliphatic heterocycles. The highest BCUT2D eigenvalue weighted by Crippen LogP contribution is 2.34. The molecule has 0 aromatic heterocycles. The molecule has 0 atom stereocenters. The second-order valence-corrected chi connectivity index (χ2v) is 5.43. The van der Waals surface area contributed by atoms with E-state index in [4.69, 9.17) is 11.6 Å². The van der Waals surface area contributed by atoms with Gasteiger partial charge in [-0.25, -0.2) is 0 Å². The Balaban J connectivity index is 2.14. The van der Waals surface area contributed by atoms with Crippen LogP contribution in [0.5, 0.6) is 0 Å². The van der Waals surface area contributed by atoms with Gasteiger partial charge in [0.2, 0.25) is 0 Å².